The topological polar surface area (TPSA) is 66.4 Å². The Hall–Kier alpha value is -1.24. The lowest BCUT2D eigenvalue weighted by Gasteiger charge is -2.11. The van der Waals surface area contributed by atoms with Gasteiger partial charge < -0.3 is 10.4 Å². The van der Waals surface area contributed by atoms with Crippen molar-refractivity contribution in [2.75, 3.05) is 11.6 Å². The lowest BCUT2D eigenvalue weighted by atomic mass is 10.2. The van der Waals surface area contributed by atoms with Crippen molar-refractivity contribution in [3.8, 4) is 5.75 Å². The van der Waals surface area contributed by atoms with Crippen molar-refractivity contribution >= 4 is 43.1 Å². The van der Waals surface area contributed by atoms with Gasteiger partial charge >= 0.3 is 0 Å². The molecule has 2 aromatic rings. The second-order valence-corrected chi connectivity index (χ2v) is 7.88. The first kappa shape index (κ1) is 16.1. The predicted molar refractivity (Wildman–Crippen MR) is 87.7 cm³/mol. The molecule has 0 saturated carbocycles. The van der Waals surface area contributed by atoms with E-state index in [1.807, 2.05) is 0 Å². The van der Waals surface area contributed by atoms with Crippen LogP contribution in [0.1, 0.15) is 5.56 Å². The molecule has 0 saturated heterocycles. The van der Waals surface area contributed by atoms with Crippen LogP contribution in [0.5, 0.6) is 5.75 Å². The van der Waals surface area contributed by atoms with E-state index in [9.17, 15) is 13.5 Å². The number of sulfone groups is 1. The van der Waals surface area contributed by atoms with Crippen LogP contribution in [0.2, 0.25) is 5.02 Å². The maximum absolute atomic E-state index is 11.6. The van der Waals surface area contributed by atoms with Gasteiger partial charge in [-0.15, -0.1) is 0 Å². The van der Waals surface area contributed by atoms with Crippen LogP contribution in [0, 0.1) is 0 Å². The summed E-state index contributed by atoms with van der Waals surface area (Å²) in [4.78, 5) is 0.188. The molecule has 21 heavy (non-hydrogen) atoms. The number of benzene rings is 2. The van der Waals surface area contributed by atoms with Gasteiger partial charge in [0.15, 0.2) is 9.84 Å². The number of hydrogen-bond donors (Lipinski definition) is 2. The van der Waals surface area contributed by atoms with E-state index in [1.165, 1.54) is 18.2 Å². The summed E-state index contributed by atoms with van der Waals surface area (Å²) in [6.07, 6.45) is 1.14. The van der Waals surface area contributed by atoms with Gasteiger partial charge in [0.05, 0.1) is 15.6 Å². The van der Waals surface area contributed by atoms with E-state index < -0.39 is 9.84 Å². The number of aromatic hydroxyl groups is 1. The molecule has 2 rings (SSSR count). The first-order valence-corrected chi connectivity index (χ1v) is 9.04. The van der Waals surface area contributed by atoms with Crippen LogP contribution in [-0.4, -0.2) is 19.8 Å². The van der Waals surface area contributed by atoms with Crippen molar-refractivity contribution < 1.29 is 13.5 Å². The molecule has 0 aromatic heterocycles. The van der Waals surface area contributed by atoms with Crippen molar-refractivity contribution in [1.82, 2.24) is 0 Å². The highest BCUT2D eigenvalue weighted by Crippen LogP contribution is 2.27. The van der Waals surface area contributed by atoms with Gasteiger partial charge in [-0.2, -0.15) is 0 Å². The second-order valence-electron chi connectivity index (χ2n) is 4.54. The molecular formula is C14H13BrClNO3S. The minimum atomic E-state index is -3.30. The molecule has 0 fully saturated rings. The van der Waals surface area contributed by atoms with E-state index in [2.05, 4.69) is 21.2 Å². The Labute approximate surface area is 136 Å². The van der Waals surface area contributed by atoms with Crippen LogP contribution < -0.4 is 5.32 Å². The average Bonchev–Trinajstić information content (AvgIpc) is 2.40. The molecule has 0 radical (unpaired) electrons. The van der Waals surface area contributed by atoms with E-state index in [-0.39, 0.29) is 10.6 Å². The normalized spacial score (nSPS) is 11.4. The monoisotopic (exact) mass is 389 g/mol. The van der Waals surface area contributed by atoms with Gasteiger partial charge in [0, 0.05) is 22.8 Å². The van der Waals surface area contributed by atoms with E-state index in [0.29, 0.717) is 22.8 Å². The quantitative estimate of drug-likeness (QED) is 0.833. The Bertz CT molecular complexity index is 778. The second kappa shape index (κ2) is 6.25. The number of nitrogens with one attached hydrogen (secondary N) is 1. The lowest BCUT2D eigenvalue weighted by molar-refractivity contribution is 0.469. The largest absolute Gasteiger partial charge is 0.508 e. The maximum atomic E-state index is 11.6. The minimum absolute atomic E-state index is 0.154. The molecule has 0 unspecified atom stereocenters. The Morgan fingerprint density at radius 1 is 1.24 bits per heavy atom. The van der Waals surface area contributed by atoms with Gasteiger partial charge in [-0.25, -0.2) is 8.42 Å². The number of halogens is 2. The third kappa shape index (κ3) is 4.12. The highest BCUT2D eigenvalue weighted by atomic mass is 79.9. The van der Waals surface area contributed by atoms with Crippen LogP contribution in [0.25, 0.3) is 0 Å². The highest BCUT2D eigenvalue weighted by Gasteiger charge is 2.11. The smallest absolute Gasteiger partial charge is 0.175 e. The zero-order valence-electron chi connectivity index (χ0n) is 11.1. The summed E-state index contributed by atoms with van der Waals surface area (Å²) in [5, 5.41) is 13.2. The molecule has 0 aliphatic heterocycles. The molecule has 2 aromatic carbocycles. The van der Waals surface area contributed by atoms with Crippen LogP contribution >= 0.6 is 27.5 Å². The molecule has 2 N–H and O–H groups in total. The van der Waals surface area contributed by atoms with Gasteiger partial charge in [-0.3, -0.25) is 0 Å². The van der Waals surface area contributed by atoms with Gasteiger partial charge in [0.25, 0.3) is 0 Å². The molecule has 0 aliphatic rings. The third-order valence-corrected chi connectivity index (χ3v) is 4.81. The SMILES string of the molecule is CS(=O)(=O)c1ccc(Cl)c(NCc2cc(Br)ccc2O)c1. The molecule has 0 heterocycles. The Morgan fingerprint density at radius 2 is 1.95 bits per heavy atom. The van der Waals surface area contributed by atoms with Crippen molar-refractivity contribution in [3.05, 3.63) is 51.5 Å². The number of anilines is 1. The van der Waals surface area contributed by atoms with Crippen LogP contribution in [-0.2, 0) is 16.4 Å². The average molecular weight is 391 g/mol. The highest BCUT2D eigenvalue weighted by molar-refractivity contribution is 9.10. The van der Waals surface area contributed by atoms with Crippen LogP contribution in [0.3, 0.4) is 0 Å². The van der Waals surface area contributed by atoms with E-state index in [1.54, 1.807) is 18.2 Å². The molecular weight excluding hydrogens is 378 g/mol. The minimum Gasteiger partial charge on any atom is -0.508 e. The summed E-state index contributed by atoms with van der Waals surface area (Å²) in [5.74, 6) is 0.154. The van der Waals surface area contributed by atoms with Crippen LogP contribution in [0.4, 0.5) is 5.69 Å². The van der Waals surface area contributed by atoms with Gasteiger partial charge in [0.2, 0.25) is 0 Å². The summed E-state index contributed by atoms with van der Waals surface area (Å²) in [7, 11) is -3.30. The Morgan fingerprint density at radius 3 is 2.62 bits per heavy atom. The number of phenolic OH excluding ortho intramolecular Hbond substituents is 1. The van der Waals surface area contributed by atoms with Gasteiger partial charge in [-0.1, -0.05) is 27.5 Å². The molecule has 4 nitrogen and oxygen atoms in total. The zero-order valence-corrected chi connectivity index (χ0v) is 14.3. The molecule has 0 spiro atoms. The molecule has 0 atom stereocenters. The number of rotatable bonds is 4. The zero-order chi connectivity index (χ0) is 15.6. The summed E-state index contributed by atoms with van der Waals surface area (Å²) in [5.41, 5.74) is 1.17. The Balaban J connectivity index is 2.26. The van der Waals surface area contributed by atoms with Crippen molar-refractivity contribution in [1.29, 1.82) is 0 Å². The summed E-state index contributed by atoms with van der Waals surface area (Å²) >= 11 is 9.38. The van der Waals surface area contributed by atoms with E-state index in [4.69, 9.17) is 11.6 Å². The fraction of sp³-hybridized carbons (Fsp3) is 0.143. The first-order valence-electron chi connectivity index (χ1n) is 5.98. The third-order valence-electron chi connectivity index (χ3n) is 2.88. The van der Waals surface area contributed by atoms with Gasteiger partial charge in [0.1, 0.15) is 5.75 Å². The lowest BCUT2D eigenvalue weighted by Crippen LogP contribution is -2.03. The summed E-state index contributed by atoms with van der Waals surface area (Å²) < 4.78 is 23.9. The molecule has 0 bridgehead atoms. The molecule has 0 aliphatic carbocycles. The Kier molecular flexibility index (Phi) is 4.81. The molecule has 112 valence electrons. The first-order chi connectivity index (χ1) is 9.77. The molecule has 0 amide bonds. The predicted octanol–water partition coefficient (Wildman–Crippen LogP) is 3.82. The number of hydrogen-bond acceptors (Lipinski definition) is 4. The fourth-order valence-corrected chi connectivity index (χ4v) is 3.00. The molecule has 7 heteroatoms. The fourth-order valence-electron chi connectivity index (χ4n) is 1.76. The van der Waals surface area contributed by atoms with E-state index >= 15 is 0 Å². The van der Waals surface area contributed by atoms with Crippen molar-refractivity contribution in [2.24, 2.45) is 0 Å². The standard InChI is InChI=1S/C14H13BrClNO3S/c1-21(19,20)11-3-4-12(16)13(7-11)17-8-9-6-10(15)2-5-14(9)18/h2-7,17-18H,8H2,1H3. The van der Waals surface area contributed by atoms with Crippen molar-refractivity contribution in [2.45, 2.75) is 11.4 Å². The number of phenols is 1. The van der Waals surface area contributed by atoms with Crippen molar-refractivity contribution in [3.63, 3.8) is 0 Å². The van der Waals surface area contributed by atoms with Gasteiger partial charge in [-0.05, 0) is 36.4 Å². The van der Waals surface area contributed by atoms with Crippen LogP contribution in [0.15, 0.2) is 45.8 Å². The van der Waals surface area contributed by atoms with E-state index in [0.717, 1.165) is 10.7 Å². The summed E-state index contributed by atoms with van der Waals surface area (Å²) in [6, 6.07) is 9.55. The summed E-state index contributed by atoms with van der Waals surface area (Å²) in [6.45, 7) is 0.318. The maximum Gasteiger partial charge on any atom is 0.175 e.